The molecule has 1 aliphatic rings. The summed E-state index contributed by atoms with van der Waals surface area (Å²) in [6.07, 6.45) is 2.47. The Balaban J connectivity index is 1.90. The van der Waals surface area contributed by atoms with Crippen LogP contribution >= 0.6 is 11.3 Å². The first-order valence-corrected chi connectivity index (χ1v) is 7.09. The Morgan fingerprint density at radius 2 is 2.56 bits per heavy atom. The predicted octanol–water partition coefficient (Wildman–Crippen LogP) is 1.90. The number of thiophene rings is 1. The molecule has 0 radical (unpaired) electrons. The van der Waals surface area contributed by atoms with Gasteiger partial charge in [-0.2, -0.15) is 0 Å². The Hall–Kier alpha value is -0.910. The van der Waals surface area contributed by atoms with Crippen LogP contribution in [0.4, 0.5) is 0 Å². The van der Waals surface area contributed by atoms with Crippen molar-refractivity contribution in [3.63, 3.8) is 0 Å². The van der Waals surface area contributed by atoms with Gasteiger partial charge in [0, 0.05) is 24.6 Å². The van der Waals surface area contributed by atoms with Gasteiger partial charge in [0.15, 0.2) is 0 Å². The van der Waals surface area contributed by atoms with Crippen LogP contribution in [0.1, 0.15) is 17.7 Å². The van der Waals surface area contributed by atoms with E-state index in [9.17, 15) is 4.79 Å². The summed E-state index contributed by atoms with van der Waals surface area (Å²) in [5.74, 6) is -0.190. The van der Waals surface area contributed by atoms with Gasteiger partial charge in [-0.05, 0) is 24.3 Å². The molecular formula is C13H19NO3S. The van der Waals surface area contributed by atoms with Crippen molar-refractivity contribution < 1.29 is 14.3 Å². The number of hydrogen-bond acceptors (Lipinski definition) is 5. The van der Waals surface area contributed by atoms with E-state index in [4.69, 9.17) is 9.47 Å². The fourth-order valence-corrected chi connectivity index (χ4v) is 2.88. The van der Waals surface area contributed by atoms with Gasteiger partial charge in [0.2, 0.25) is 0 Å². The molecule has 18 heavy (non-hydrogen) atoms. The number of ether oxygens (including phenoxy) is 2. The van der Waals surface area contributed by atoms with E-state index in [2.05, 4.69) is 16.3 Å². The van der Waals surface area contributed by atoms with Gasteiger partial charge in [-0.15, -0.1) is 11.3 Å². The van der Waals surface area contributed by atoms with E-state index in [0.29, 0.717) is 6.54 Å². The molecule has 0 spiro atoms. The lowest BCUT2D eigenvalue weighted by molar-refractivity contribution is -0.142. The van der Waals surface area contributed by atoms with Crippen LogP contribution in [0.2, 0.25) is 0 Å². The maximum atomic E-state index is 11.4. The van der Waals surface area contributed by atoms with Crippen LogP contribution in [0.3, 0.4) is 0 Å². The second kappa shape index (κ2) is 6.87. The molecule has 0 aliphatic carbocycles. The minimum absolute atomic E-state index is 0.190. The molecule has 0 unspecified atom stereocenters. The highest BCUT2D eigenvalue weighted by atomic mass is 32.1. The molecule has 1 aromatic rings. The van der Waals surface area contributed by atoms with Crippen molar-refractivity contribution >= 4 is 17.3 Å². The molecule has 1 saturated heterocycles. The molecule has 0 saturated carbocycles. The largest absolute Gasteiger partial charge is 0.468 e. The van der Waals surface area contributed by atoms with Crippen molar-refractivity contribution in [1.29, 1.82) is 0 Å². The smallest absolute Gasteiger partial charge is 0.319 e. The fourth-order valence-electron chi connectivity index (χ4n) is 2.13. The molecule has 0 bridgehead atoms. The third kappa shape index (κ3) is 4.08. The highest BCUT2D eigenvalue weighted by molar-refractivity contribution is 7.09. The summed E-state index contributed by atoms with van der Waals surface area (Å²) < 4.78 is 10.4. The molecule has 1 fully saturated rings. The Morgan fingerprint density at radius 3 is 3.17 bits per heavy atom. The number of carbonyl (C=O) groups excluding carboxylic acids is 1. The van der Waals surface area contributed by atoms with Gasteiger partial charge in [-0.1, -0.05) is 6.07 Å². The second-order valence-corrected chi connectivity index (χ2v) is 5.49. The summed E-state index contributed by atoms with van der Waals surface area (Å²) >= 11 is 1.71. The van der Waals surface area contributed by atoms with Crippen molar-refractivity contribution in [3.8, 4) is 0 Å². The molecule has 5 heteroatoms. The minimum Gasteiger partial charge on any atom is -0.468 e. The first-order chi connectivity index (χ1) is 8.78. The number of carbonyl (C=O) groups is 1. The maximum absolute atomic E-state index is 11.4. The average molecular weight is 269 g/mol. The lowest BCUT2D eigenvalue weighted by Crippen LogP contribution is -2.36. The highest BCUT2D eigenvalue weighted by Crippen LogP contribution is 2.17. The fraction of sp³-hybridized carbons (Fsp3) is 0.615. The second-order valence-electron chi connectivity index (χ2n) is 4.46. The average Bonchev–Trinajstić information content (AvgIpc) is 3.02. The van der Waals surface area contributed by atoms with Crippen molar-refractivity contribution in [2.45, 2.75) is 25.5 Å². The zero-order valence-corrected chi connectivity index (χ0v) is 11.4. The van der Waals surface area contributed by atoms with Gasteiger partial charge in [0.1, 0.15) is 0 Å². The lowest BCUT2D eigenvalue weighted by Gasteiger charge is -2.23. The van der Waals surface area contributed by atoms with E-state index in [1.807, 2.05) is 6.07 Å². The molecule has 2 rings (SSSR count). The molecule has 0 amide bonds. The van der Waals surface area contributed by atoms with E-state index in [1.165, 1.54) is 12.0 Å². The van der Waals surface area contributed by atoms with Crippen LogP contribution in [-0.2, 0) is 20.8 Å². The molecule has 0 N–H and O–H groups in total. The van der Waals surface area contributed by atoms with Gasteiger partial charge in [0.05, 0.1) is 19.8 Å². The molecule has 1 aliphatic heterocycles. The monoisotopic (exact) mass is 269 g/mol. The van der Waals surface area contributed by atoms with Crippen LogP contribution in [-0.4, -0.2) is 43.8 Å². The molecule has 100 valence electrons. The van der Waals surface area contributed by atoms with Gasteiger partial charge in [-0.3, -0.25) is 9.69 Å². The van der Waals surface area contributed by atoms with Crippen molar-refractivity contribution in [3.05, 3.63) is 22.4 Å². The Labute approximate surface area is 111 Å². The van der Waals surface area contributed by atoms with Crippen molar-refractivity contribution in [2.24, 2.45) is 0 Å². The quantitative estimate of drug-likeness (QED) is 0.739. The molecular weight excluding hydrogens is 250 g/mol. The number of esters is 1. The Bertz CT molecular complexity index is 360. The first-order valence-electron chi connectivity index (χ1n) is 6.21. The van der Waals surface area contributed by atoms with E-state index in [-0.39, 0.29) is 12.1 Å². The molecule has 1 atom stereocenters. The Morgan fingerprint density at radius 1 is 1.67 bits per heavy atom. The maximum Gasteiger partial charge on any atom is 0.319 e. The molecule has 2 heterocycles. The van der Waals surface area contributed by atoms with Crippen LogP contribution < -0.4 is 0 Å². The zero-order valence-electron chi connectivity index (χ0n) is 10.6. The summed E-state index contributed by atoms with van der Waals surface area (Å²) in [7, 11) is 1.43. The van der Waals surface area contributed by atoms with E-state index in [1.54, 1.807) is 11.3 Å². The van der Waals surface area contributed by atoms with Crippen molar-refractivity contribution in [1.82, 2.24) is 4.90 Å². The van der Waals surface area contributed by atoms with Gasteiger partial charge in [0.25, 0.3) is 0 Å². The Kier molecular flexibility index (Phi) is 5.16. The van der Waals surface area contributed by atoms with Gasteiger partial charge >= 0.3 is 5.97 Å². The molecule has 1 aromatic heterocycles. The molecule has 4 nitrogen and oxygen atoms in total. The molecule has 0 aromatic carbocycles. The highest BCUT2D eigenvalue weighted by Gasteiger charge is 2.21. The van der Waals surface area contributed by atoms with Crippen LogP contribution in [0, 0.1) is 0 Å². The predicted molar refractivity (Wildman–Crippen MR) is 70.6 cm³/mol. The number of nitrogens with zero attached hydrogens (tertiary/aromatic N) is 1. The summed E-state index contributed by atoms with van der Waals surface area (Å²) in [4.78, 5) is 14.8. The van der Waals surface area contributed by atoms with E-state index < -0.39 is 0 Å². The third-order valence-electron chi connectivity index (χ3n) is 3.03. The van der Waals surface area contributed by atoms with Gasteiger partial charge < -0.3 is 9.47 Å². The number of methoxy groups -OCH3 is 1. The van der Waals surface area contributed by atoms with E-state index >= 15 is 0 Å². The summed E-state index contributed by atoms with van der Waals surface area (Å²) in [5.41, 5.74) is 0. The SMILES string of the molecule is COC(=O)CN(Cc1cccs1)C[C@H]1CCCO1. The summed E-state index contributed by atoms with van der Waals surface area (Å²) in [5, 5.41) is 2.05. The summed E-state index contributed by atoms with van der Waals surface area (Å²) in [6, 6.07) is 4.12. The minimum atomic E-state index is -0.190. The van der Waals surface area contributed by atoms with Crippen LogP contribution in [0.5, 0.6) is 0 Å². The van der Waals surface area contributed by atoms with Crippen LogP contribution in [0.25, 0.3) is 0 Å². The summed E-state index contributed by atoms with van der Waals surface area (Å²) in [6.45, 7) is 2.75. The standard InChI is InChI=1S/C13H19NO3S/c1-16-13(15)10-14(8-11-4-2-6-17-11)9-12-5-3-7-18-12/h3,5,7,11H,2,4,6,8-10H2,1H3/t11-/m1/s1. The normalized spacial score (nSPS) is 19.3. The zero-order chi connectivity index (χ0) is 12.8. The number of hydrogen-bond donors (Lipinski definition) is 0. The third-order valence-corrected chi connectivity index (χ3v) is 3.89. The first kappa shape index (κ1) is 13.5. The topological polar surface area (TPSA) is 38.8 Å². The van der Waals surface area contributed by atoms with Crippen LogP contribution in [0.15, 0.2) is 17.5 Å². The number of rotatable bonds is 6. The lowest BCUT2D eigenvalue weighted by atomic mass is 10.2. The van der Waals surface area contributed by atoms with Gasteiger partial charge in [-0.25, -0.2) is 0 Å². The van der Waals surface area contributed by atoms with E-state index in [0.717, 1.165) is 32.5 Å². The van der Waals surface area contributed by atoms with Crippen molar-refractivity contribution in [2.75, 3.05) is 26.8 Å².